The van der Waals surface area contributed by atoms with Crippen molar-refractivity contribution in [3.8, 4) is 11.6 Å². The molecule has 4 rings (SSSR count). The standard InChI is InChI=1S/C19H15ClF3N5O/c1-9-4-6-13-12(8-9)5-7-14(24-13)18-26-25-17(29-18)11(3)28-10(2)15(20)16(27-28)19(21,22)23/h4-8,11H,1-3H3. The van der Waals surface area contributed by atoms with Crippen LogP contribution < -0.4 is 0 Å². The van der Waals surface area contributed by atoms with Crippen molar-refractivity contribution in [1.82, 2.24) is 25.0 Å². The van der Waals surface area contributed by atoms with Gasteiger partial charge in [0.05, 0.1) is 16.2 Å². The van der Waals surface area contributed by atoms with Crippen LogP contribution in [0, 0.1) is 13.8 Å². The lowest BCUT2D eigenvalue weighted by atomic mass is 10.1. The third kappa shape index (κ3) is 3.46. The van der Waals surface area contributed by atoms with E-state index in [0.717, 1.165) is 21.1 Å². The zero-order valence-corrected chi connectivity index (χ0v) is 16.4. The predicted molar refractivity (Wildman–Crippen MR) is 101 cm³/mol. The van der Waals surface area contributed by atoms with Crippen LogP contribution in [0.5, 0.6) is 0 Å². The minimum Gasteiger partial charge on any atom is -0.417 e. The third-order valence-corrected chi connectivity index (χ3v) is 5.03. The first-order valence-corrected chi connectivity index (χ1v) is 9.06. The second-order valence-corrected chi connectivity index (χ2v) is 7.08. The van der Waals surface area contributed by atoms with Crippen LogP contribution in [0.1, 0.15) is 35.8 Å². The second-order valence-electron chi connectivity index (χ2n) is 6.70. The molecule has 4 aromatic rings. The molecule has 3 aromatic heterocycles. The van der Waals surface area contributed by atoms with Crippen LogP contribution in [0.4, 0.5) is 13.2 Å². The molecule has 0 saturated heterocycles. The molecule has 3 heterocycles. The Morgan fingerprint density at radius 3 is 2.55 bits per heavy atom. The molecule has 150 valence electrons. The van der Waals surface area contributed by atoms with Crippen molar-refractivity contribution in [2.75, 3.05) is 0 Å². The summed E-state index contributed by atoms with van der Waals surface area (Å²) in [4.78, 5) is 4.51. The van der Waals surface area contributed by atoms with Crippen molar-refractivity contribution in [1.29, 1.82) is 0 Å². The number of aryl methyl sites for hydroxylation is 1. The van der Waals surface area contributed by atoms with Crippen LogP contribution in [-0.4, -0.2) is 25.0 Å². The molecule has 0 aliphatic heterocycles. The van der Waals surface area contributed by atoms with Crippen LogP contribution in [0.25, 0.3) is 22.5 Å². The highest BCUT2D eigenvalue weighted by Crippen LogP contribution is 2.37. The van der Waals surface area contributed by atoms with E-state index < -0.39 is 22.9 Å². The lowest BCUT2D eigenvalue weighted by Gasteiger charge is -2.09. The van der Waals surface area contributed by atoms with Gasteiger partial charge in [-0.1, -0.05) is 29.3 Å². The fraction of sp³-hybridized carbons (Fsp3) is 0.263. The molecule has 0 bridgehead atoms. The summed E-state index contributed by atoms with van der Waals surface area (Å²) in [7, 11) is 0. The Hall–Kier alpha value is -2.94. The van der Waals surface area contributed by atoms with Gasteiger partial charge in [-0.3, -0.25) is 4.68 Å². The van der Waals surface area contributed by atoms with Gasteiger partial charge in [0, 0.05) is 5.39 Å². The first-order valence-electron chi connectivity index (χ1n) is 8.68. The summed E-state index contributed by atoms with van der Waals surface area (Å²) in [5.74, 6) is 0.267. The van der Waals surface area contributed by atoms with Gasteiger partial charge in [-0.15, -0.1) is 10.2 Å². The summed E-state index contributed by atoms with van der Waals surface area (Å²) in [6.45, 7) is 5.04. The Kier molecular flexibility index (Phi) is 4.57. The van der Waals surface area contributed by atoms with Crippen LogP contribution in [0.15, 0.2) is 34.7 Å². The molecule has 29 heavy (non-hydrogen) atoms. The number of hydrogen-bond donors (Lipinski definition) is 0. The number of rotatable bonds is 3. The van der Waals surface area contributed by atoms with E-state index in [-0.39, 0.29) is 17.5 Å². The van der Waals surface area contributed by atoms with Crippen molar-refractivity contribution >= 4 is 22.5 Å². The van der Waals surface area contributed by atoms with E-state index in [1.807, 2.05) is 31.2 Å². The molecule has 0 aliphatic carbocycles. The molecule has 6 nitrogen and oxygen atoms in total. The molecule has 0 amide bonds. The Balaban J connectivity index is 1.68. The normalized spacial score (nSPS) is 13.2. The number of fused-ring (bicyclic) bond motifs is 1. The van der Waals surface area contributed by atoms with Crippen molar-refractivity contribution < 1.29 is 17.6 Å². The first-order chi connectivity index (χ1) is 13.6. The van der Waals surface area contributed by atoms with Gasteiger partial charge in [0.2, 0.25) is 5.89 Å². The van der Waals surface area contributed by atoms with Gasteiger partial charge in [-0.05, 0) is 39.0 Å². The molecule has 0 spiro atoms. The van der Waals surface area contributed by atoms with Crippen molar-refractivity contribution in [3.05, 3.63) is 58.2 Å². The Bertz CT molecular complexity index is 1210. The number of alkyl halides is 3. The smallest absolute Gasteiger partial charge is 0.417 e. The van der Waals surface area contributed by atoms with E-state index in [2.05, 4.69) is 20.3 Å². The lowest BCUT2D eigenvalue weighted by molar-refractivity contribution is -0.141. The summed E-state index contributed by atoms with van der Waals surface area (Å²) in [5.41, 5.74) is 1.37. The van der Waals surface area contributed by atoms with Gasteiger partial charge in [0.15, 0.2) is 5.69 Å². The molecule has 0 radical (unpaired) electrons. The fourth-order valence-corrected chi connectivity index (χ4v) is 3.26. The Labute approximate surface area is 168 Å². The minimum absolute atomic E-state index is 0.0989. The maximum atomic E-state index is 13.1. The third-order valence-electron chi connectivity index (χ3n) is 4.57. The van der Waals surface area contributed by atoms with Crippen LogP contribution in [0.2, 0.25) is 5.02 Å². The SMILES string of the molecule is Cc1ccc2nc(-c3nnc(C(C)n4nc(C(F)(F)F)c(Cl)c4C)o3)ccc2c1. The zero-order chi connectivity index (χ0) is 20.9. The monoisotopic (exact) mass is 421 g/mol. The number of benzene rings is 1. The number of nitrogens with zero attached hydrogens (tertiary/aromatic N) is 5. The van der Waals surface area contributed by atoms with Crippen LogP contribution in [0.3, 0.4) is 0 Å². The number of halogens is 4. The quantitative estimate of drug-likeness (QED) is 0.444. The minimum atomic E-state index is -4.65. The van der Waals surface area contributed by atoms with Crippen molar-refractivity contribution in [3.63, 3.8) is 0 Å². The second kappa shape index (κ2) is 6.84. The van der Waals surface area contributed by atoms with Gasteiger partial charge in [0.1, 0.15) is 11.7 Å². The maximum Gasteiger partial charge on any atom is 0.436 e. The topological polar surface area (TPSA) is 69.6 Å². The summed E-state index contributed by atoms with van der Waals surface area (Å²) < 4.78 is 46.0. The van der Waals surface area contributed by atoms with E-state index in [9.17, 15) is 13.2 Å². The Morgan fingerprint density at radius 2 is 1.86 bits per heavy atom. The first kappa shape index (κ1) is 19.4. The highest BCUT2D eigenvalue weighted by Gasteiger charge is 2.39. The largest absolute Gasteiger partial charge is 0.436 e. The number of pyridine rings is 1. The van der Waals surface area contributed by atoms with Gasteiger partial charge in [-0.25, -0.2) is 4.98 Å². The van der Waals surface area contributed by atoms with Crippen LogP contribution >= 0.6 is 11.6 Å². The summed E-state index contributed by atoms with van der Waals surface area (Å²) in [5, 5.41) is 12.1. The molecular formula is C19H15ClF3N5O. The Morgan fingerprint density at radius 1 is 1.10 bits per heavy atom. The summed E-state index contributed by atoms with van der Waals surface area (Å²) in [6.07, 6.45) is -4.65. The van der Waals surface area contributed by atoms with Crippen molar-refractivity contribution in [2.45, 2.75) is 33.0 Å². The highest BCUT2D eigenvalue weighted by atomic mass is 35.5. The number of aromatic nitrogens is 5. The molecule has 1 aromatic carbocycles. The predicted octanol–water partition coefficient (Wildman–Crippen LogP) is 5.38. The fourth-order valence-electron chi connectivity index (χ4n) is 3.03. The van der Waals surface area contributed by atoms with E-state index in [1.54, 1.807) is 13.0 Å². The average Bonchev–Trinajstić information content (AvgIpc) is 3.26. The molecule has 1 atom stereocenters. The summed E-state index contributed by atoms with van der Waals surface area (Å²) in [6, 6.07) is 8.75. The van der Waals surface area contributed by atoms with E-state index >= 15 is 0 Å². The molecule has 10 heteroatoms. The molecule has 0 saturated carbocycles. The highest BCUT2D eigenvalue weighted by molar-refractivity contribution is 6.31. The molecular weight excluding hydrogens is 407 g/mol. The van der Waals surface area contributed by atoms with Gasteiger partial charge in [-0.2, -0.15) is 18.3 Å². The molecule has 0 aliphatic rings. The van der Waals surface area contributed by atoms with Gasteiger partial charge < -0.3 is 4.42 Å². The summed E-state index contributed by atoms with van der Waals surface area (Å²) >= 11 is 5.82. The lowest BCUT2D eigenvalue weighted by Crippen LogP contribution is -2.13. The maximum absolute atomic E-state index is 13.1. The molecule has 0 fully saturated rings. The zero-order valence-electron chi connectivity index (χ0n) is 15.6. The number of hydrogen-bond acceptors (Lipinski definition) is 5. The molecule has 0 N–H and O–H groups in total. The van der Waals surface area contributed by atoms with E-state index in [0.29, 0.717) is 5.69 Å². The van der Waals surface area contributed by atoms with Gasteiger partial charge >= 0.3 is 6.18 Å². The van der Waals surface area contributed by atoms with Crippen LogP contribution in [-0.2, 0) is 6.18 Å². The van der Waals surface area contributed by atoms with E-state index in [4.69, 9.17) is 16.0 Å². The van der Waals surface area contributed by atoms with Gasteiger partial charge in [0.25, 0.3) is 5.89 Å². The van der Waals surface area contributed by atoms with E-state index in [1.165, 1.54) is 6.92 Å². The van der Waals surface area contributed by atoms with Crippen molar-refractivity contribution in [2.24, 2.45) is 0 Å². The molecule has 1 unspecified atom stereocenters. The average molecular weight is 422 g/mol.